The molecule has 0 aliphatic carbocycles. The van der Waals surface area contributed by atoms with E-state index >= 15 is 0 Å². The number of hydrogen-bond acceptors (Lipinski definition) is 3. The van der Waals surface area contributed by atoms with Crippen LogP contribution in [0, 0.1) is 5.92 Å². The van der Waals surface area contributed by atoms with Crippen LogP contribution < -0.4 is 14.8 Å². The molecule has 1 N–H and O–H groups in total. The first kappa shape index (κ1) is 16.3. The lowest BCUT2D eigenvalue weighted by atomic mass is 10.0. The van der Waals surface area contributed by atoms with Gasteiger partial charge in [0.2, 0.25) is 0 Å². The van der Waals surface area contributed by atoms with Crippen molar-refractivity contribution in [2.24, 2.45) is 5.92 Å². The monoisotopic (exact) mass is 279 g/mol. The highest BCUT2D eigenvalue weighted by Crippen LogP contribution is 2.17. The van der Waals surface area contributed by atoms with E-state index in [0.29, 0.717) is 18.3 Å². The lowest BCUT2D eigenvalue weighted by molar-refractivity contribution is -0.123. The third kappa shape index (κ3) is 5.95. The fourth-order valence-electron chi connectivity index (χ4n) is 1.83. The molecule has 0 spiro atoms. The van der Waals surface area contributed by atoms with E-state index in [-0.39, 0.29) is 12.5 Å². The van der Waals surface area contributed by atoms with E-state index < -0.39 is 0 Å². The van der Waals surface area contributed by atoms with Gasteiger partial charge in [-0.15, -0.1) is 0 Å². The normalized spacial score (nSPS) is 10.4. The average Bonchev–Trinajstić information content (AvgIpc) is 2.48. The maximum Gasteiger partial charge on any atom is 0.257 e. The highest BCUT2D eigenvalue weighted by atomic mass is 16.5. The Morgan fingerprint density at radius 3 is 2.10 bits per heavy atom. The van der Waals surface area contributed by atoms with Crippen molar-refractivity contribution in [3.8, 4) is 11.5 Å². The van der Waals surface area contributed by atoms with Crippen molar-refractivity contribution in [3.63, 3.8) is 0 Å². The third-order valence-corrected chi connectivity index (χ3v) is 3.25. The van der Waals surface area contributed by atoms with Crippen molar-refractivity contribution < 1.29 is 14.3 Å². The molecular weight excluding hydrogens is 254 g/mol. The predicted molar refractivity (Wildman–Crippen MR) is 80.2 cm³/mol. The summed E-state index contributed by atoms with van der Waals surface area (Å²) < 4.78 is 10.8. The largest absolute Gasteiger partial charge is 0.494 e. The van der Waals surface area contributed by atoms with Gasteiger partial charge in [-0.3, -0.25) is 4.79 Å². The number of ether oxygens (including phenoxy) is 2. The van der Waals surface area contributed by atoms with Crippen molar-refractivity contribution in [1.29, 1.82) is 0 Å². The number of benzene rings is 1. The third-order valence-electron chi connectivity index (χ3n) is 3.25. The van der Waals surface area contributed by atoms with Crippen LogP contribution in [0.15, 0.2) is 24.3 Å². The molecule has 0 heterocycles. The summed E-state index contributed by atoms with van der Waals surface area (Å²) >= 11 is 0. The Labute approximate surface area is 121 Å². The molecule has 20 heavy (non-hydrogen) atoms. The van der Waals surface area contributed by atoms with Crippen LogP contribution in [0.3, 0.4) is 0 Å². The van der Waals surface area contributed by atoms with Gasteiger partial charge in [-0.2, -0.15) is 0 Å². The average molecular weight is 279 g/mol. The van der Waals surface area contributed by atoms with E-state index in [2.05, 4.69) is 19.2 Å². The van der Waals surface area contributed by atoms with E-state index in [4.69, 9.17) is 9.47 Å². The molecule has 0 aliphatic rings. The van der Waals surface area contributed by atoms with Gasteiger partial charge in [0, 0.05) is 6.54 Å². The van der Waals surface area contributed by atoms with Gasteiger partial charge >= 0.3 is 0 Å². The molecule has 0 fully saturated rings. The molecule has 4 heteroatoms. The van der Waals surface area contributed by atoms with Gasteiger partial charge in [0.25, 0.3) is 5.91 Å². The zero-order valence-corrected chi connectivity index (χ0v) is 12.6. The number of hydrogen-bond donors (Lipinski definition) is 1. The van der Waals surface area contributed by atoms with Gasteiger partial charge in [-0.1, -0.05) is 26.7 Å². The summed E-state index contributed by atoms with van der Waals surface area (Å²) in [4.78, 5) is 11.7. The minimum atomic E-state index is -0.0780. The van der Waals surface area contributed by atoms with E-state index in [1.165, 1.54) is 0 Å². The number of amides is 1. The highest BCUT2D eigenvalue weighted by molar-refractivity contribution is 5.77. The number of nitrogens with one attached hydrogen (secondary N) is 1. The molecule has 1 aromatic carbocycles. The molecule has 1 rings (SSSR count). The molecule has 4 nitrogen and oxygen atoms in total. The highest BCUT2D eigenvalue weighted by Gasteiger charge is 2.07. The second-order valence-electron chi connectivity index (χ2n) is 4.68. The second kappa shape index (κ2) is 9.23. The predicted octanol–water partition coefficient (Wildman–Crippen LogP) is 3.02. The Bertz CT molecular complexity index is 385. The molecule has 1 aromatic rings. The maximum atomic E-state index is 11.7. The van der Waals surface area contributed by atoms with E-state index in [1.54, 1.807) is 12.1 Å². The van der Waals surface area contributed by atoms with Crippen molar-refractivity contribution >= 4 is 5.91 Å². The van der Waals surface area contributed by atoms with E-state index in [9.17, 15) is 4.79 Å². The SMILES string of the molecule is CCOc1ccc(OCC(=O)NCC(CC)CC)cc1. The first-order valence-electron chi connectivity index (χ1n) is 7.31. The van der Waals surface area contributed by atoms with Gasteiger partial charge in [-0.05, 0) is 37.1 Å². The van der Waals surface area contributed by atoms with Gasteiger partial charge in [0.05, 0.1) is 6.61 Å². The fraction of sp³-hybridized carbons (Fsp3) is 0.562. The van der Waals surface area contributed by atoms with Gasteiger partial charge < -0.3 is 14.8 Å². The topological polar surface area (TPSA) is 47.6 Å². The van der Waals surface area contributed by atoms with Crippen LogP contribution in [0.5, 0.6) is 11.5 Å². The smallest absolute Gasteiger partial charge is 0.257 e. The molecule has 0 saturated carbocycles. The summed E-state index contributed by atoms with van der Waals surface area (Å²) in [6, 6.07) is 7.28. The Balaban J connectivity index is 2.29. The minimum Gasteiger partial charge on any atom is -0.494 e. The Morgan fingerprint density at radius 1 is 1.05 bits per heavy atom. The van der Waals surface area contributed by atoms with Crippen LogP contribution in [-0.4, -0.2) is 25.7 Å². The van der Waals surface area contributed by atoms with E-state index in [0.717, 1.165) is 25.1 Å². The van der Waals surface area contributed by atoms with Crippen LogP contribution in [0.1, 0.15) is 33.6 Å². The molecule has 0 aromatic heterocycles. The van der Waals surface area contributed by atoms with Crippen LogP contribution in [-0.2, 0) is 4.79 Å². The van der Waals surface area contributed by atoms with Crippen molar-refractivity contribution in [2.75, 3.05) is 19.8 Å². The molecule has 0 saturated heterocycles. The van der Waals surface area contributed by atoms with Crippen molar-refractivity contribution in [3.05, 3.63) is 24.3 Å². The summed E-state index contributed by atoms with van der Waals surface area (Å²) in [6.45, 7) is 7.62. The summed E-state index contributed by atoms with van der Waals surface area (Å²) in [7, 11) is 0. The minimum absolute atomic E-state index is 0.0497. The fourth-order valence-corrected chi connectivity index (χ4v) is 1.83. The van der Waals surface area contributed by atoms with Crippen molar-refractivity contribution in [1.82, 2.24) is 5.32 Å². The molecule has 112 valence electrons. The van der Waals surface area contributed by atoms with Gasteiger partial charge in [0.1, 0.15) is 11.5 Å². The standard InChI is InChI=1S/C16H25NO3/c1-4-13(5-2)11-17-16(18)12-20-15-9-7-14(8-10-15)19-6-3/h7-10,13H,4-6,11-12H2,1-3H3,(H,17,18). The summed E-state index contributed by atoms with van der Waals surface area (Å²) in [5, 5.41) is 2.90. The summed E-state index contributed by atoms with van der Waals surface area (Å²) in [6.07, 6.45) is 2.16. The lowest BCUT2D eigenvalue weighted by Gasteiger charge is -2.13. The second-order valence-corrected chi connectivity index (χ2v) is 4.68. The van der Waals surface area contributed by atoms with Crippen LogP contribution in [0.25, 0.3) is 0 Å². The quantitative estimate of drug-likeness (QED) is 0.756. The first-order valence-corrected chi connectivity index (χ1v) is 7.31. The molecule has 0 aliphatic heterocycles. The van der Waals surface area contributed by atoms with Crippen LogP contribution >= 0.6 is 0 Å². The molecule has 0 radical (unpaired) electrons. The zero-order valence-electron chi connectivity index (χ0n) is 12.6. The summed E-state index contributed by atoms with van der Waals surface area (Å²) in [5.41, 5.74) is 0. The zero-order chi connectivity index (χ0) is 14.8. The van der Waals surface area contributed by atoms with Gasteiger partial charge in [0.15, 0.2) is 6.61 Å². The Hall–Kier alpha value is -1.71. The number of carbonyl (C=O) groups is 1. The number of rotatable bonds is 9. The number of carbonyl (C=O) groups excluding carboxylic acids is 1. The lowest BCUT2D eigenvalue weighted by Crippen LogP contribution is -2.32. The van der Waals surface area contributed by atoms with Gasteiger partial charge in [-0.25, -0.2) is 0 Å². The van der Waals surface area contributed by atoms with Crippen LogP contribution in [0.2, 0.25) is 0 Å². The van der Waals surface area contributed by atoms with Crippen LogP contribution in [0.4, 0.5) is 0 Å². The summed E-state index contributed by atoms with van der Waals surface area (Å²) in [5.74, 6) is 1.94. The molecule has 1 amide bonds. The first-order chi connectivity index (χ1) is 9.69. The molecule has 0 bridgehead atoms. The molecule has 0 atom stereocenters. The Morgan fingerprint density at radius 2 is 1.60 bits per heavy atom. The van der Waals surface area contributed by atoms with Crippen molar-refractivity contribution in [2.45, 2.75) is 33.6 Å². The maximum absolute atomic E-state index is 11.7. The molecular formula is C16H25NO3. The van der Waals surface area contributed by atoms with E-state index in [1.807, 2.05) is 19.1 Å². The molecule has 0 unspecified atom stereocenters. The Kier molecular flexibility index (Phi) is 7.55.